The Morgan fingerprint density at radius 1 is 0.702 bits per heavy atom. The Labute approximate surface area is 290 Å². The van der Waals surface area contributed by atoms with Gasteiger partial charge in [-0.25, -0.2) is 39.5 Å². The number of hydrogen-bond donors (Lipinski definition) is 3. The summed E-state index contributed by atoms with van der Waals surface area (Å²) in [6.45, 7) is 3.80. The summed E-state index contributed by atoms with van der Waals surface area (Å²) in [5.74, 6) is -0.403. The molecule has 16 heteroatoms. The molecule has 0 radical (unpaired) electrons. The molecule has 0 amide bonds. The van der Waals surface area contributed by atoms with Gasteiger partial charge >= 0.3 is 30.8 Å². The maximum absolute atomic E-state index is 11.7. The van der Waals surface area contributed by atoms with E-state index in [1.165, 1.54) is 19.8 Å². The summed E-state index contributed by atoms with van der Waals surface area (Å²) >= 11 is 11.9. The van der Waals surface area contributed by atoms with Crippen molar-refractivity contribution in [3.8, 4) is 0 Å². The zero-order valence-corrected chi connectivity index (χ0v) is 27.0. The standard InChI is InChI=1S/C16H13ClN4O2.C15H11ClN4O2.Li.H2O/c1-9-3-4-10(16(22)23-2)7-12(9)20-15-14-11(18-8-19-15)5-6-13(17)21-14;1-8-2-3-9(15(21)22)6-11(8)19-14-13-10(17-7-18-14)4-5-12(16)20-13;;/h3-8H,1-2H3,(H,18,19,20);2-7H,1H3,(H,21,22)(H,17,18,19);;1H2/q;;+1;/p-1. The van der Waals surface area contributed by atoms with E-state index in [9.17, 15) is 9.59 Å². The number of carboxylic acids is 1. The van der Waals surface area contributed by atoms with Gasteiger partial charge in [-0.2, -0.15) is 0 Å². The number of carbonyl (C=O) groups is 2. The molecule has 0 aliphatic rings. The van der Waals surface area contributed by atoms with Crippen LogP contribution >= 0.6 is 23.2 Å². The molecule has 0 fully saturated rings. The first-order valence-corrected chi connectivity index (χ1v) is 14.0. The Morgan fingerprint density at radius 2 is 1.15 bits per heavy atom. The summed E-state index contributed by atoms with van der Waals surface area (Å²) < 4.78 is 4.75. The van der Waals surface area contributed by atoms with Crippen molar-refractivity contribution in [3.63, 3.8) is 0 Å². The number of hydrogen-bond acceptors (Lipinski definition) is 12. The molecule has 13 nitrogen and oxygen atoms in total. The molecule has 47 heavy (non-hydrogen) atoms. The fourth-order valence-corrected chi connectivity index (χ4v) is 4.46. The molecule has 4 aromatic heterocycles. The molecule has 0 aliphatic heterocycles. The number of carboxylic acid groups (broad SMARTS) is 1. The zero-order valence-electron chi connectivity index (χ0n) is 25.5. The van der Waals surface area contributed by atoms with Crippen LogP contribution < -0.4 is 29.5 Å². The summed E-state index contributed by atoms with van der Waals surface area (Å²) in [5.41, 5.74) is 6.25. The number of esters is 1. The summed E-state index contributed by atoms with van der Waals surface area (Å²) in [7, 11) is 1.35. The minimum absolute atomic E-state index is 0. The van der Waals surface area contributed by atoms with Crippen molar-refractivity contribution in [1.82, 2.24) is 29.9 Å². The summed E-state index contributed by atoms with van der Waals surface area (Å²) in [4.78, 5) is 47.9. The number of anilines is 4. The van der Waals surface area contributed by atoms with E-state index in [-0.39, 0.29) is 29.9 Å². The smallest absolute Gasteiger partial charge is 0.870 e. The van der Waals surface area contributed by atoms with Crippen LogP contribution in [-0.4, -0.2) is 59.5 Å². The molecule has 4 heterocycles. The SMILES string of the molecule is COC(=O)c1ccc(C)c(Nc2ncnc3ccc(Cl)nc23)c1.Cc1ccc(C(=O)O)cc1Nc1ncnc2ccc(Cl)nc12.[Li+].[OH-]. The number of fused-ring (bicyclic) bond motifs is 2. The second-order valence-corrected chi connectivity index (χ2v) is 10.3. The number of ether oxygens (including phenoxy) is 1. The number of aryl methyl sites for hydroxylation is 2. The monoisotopic (exact) mass is 666 g/mol. The Kier molecular flexibility index (Phi) is 12.5. The van der Waals surface area contributed by atoms with E-state index < -0.39 is 11.9 Å². The first-order valence-electron chi connectivity index (χ1n) is 13.2. The van der Waals surface area contributed by atoms with E-state index in [2.05, 4.69) is 40.5 Å². The maximum Gasteiger partial charge on any atom is 1.00 e. The van der Waals surface area contributed by atoms with Crippen LogP contribution in [0.15, 0.2) is 73.3 Å². The van der Waals surface area contributed by atoms with Gasteiger partial charge in [-0.15, -0.1) is 0 Å². The second-order valence-electron chi connectivity index (χ2n) is 9.55. The molecular formula is C31H25Cl2LiN8O5. The Morgan fingerprint density at radius 3 is 1.60 bits per heavy atom. The van der Waals surface area contributed by atoms with Gasteiger partial charge in [0.1, 0.15) is 34.0 Å². The van der Waals surface area contributed by atoms with Crippen molar-refractivity contribution in [2.24, 2.45) is 0 Å². The summed E-state index contributed by atoms with van der Waals surface area (Å²) in [6, 6.07) is 16.9. The number of aromatic carboxylic acids is 1. The molecule has 4 N–H and O–H groups in total. The average molecular weight is 667 g/mol. The summed E-state index contributed by atoms with van der Waals surface area (Å²) in [5, 5.41) is 16.1. The number of methoxy groups -OCH3 is 1. The third-order valence-electron chi connectivity index (χ3n) is 6.55. The van der Waals surface area contributed by atoms with Crippen LogP contribution in [0.1, 0.15) is 31.8 Å². The molecule has 0 spiro atoms. The predicted octanol–water partition coefficient (Wildman–Crippen LogP) is 3.77. The number of benzene rings is 2. The van der Waals surface area contributed by atoms with Crippen LogP contribution in [0.4, 0.5) is 23.0 Å². The first kappa shape index (κ1) is 36.6. The molecule has 0 saturated carbocycles. The quantitative estimate of drug-likeness (QED) is 0.132. The Bertz CT molecular complexity index is 2090. The van der Waals surface area contributed by atoms with E-state index in [0.717, 1.165) is 16.8 Å². The van der Waals surface area contributed by atoms with E-state index in [0.29, 0.717) is 55.3 Å². The van der Waals surface area contributed by atoms with Gasteiger partial charge in [0.25, 0.3) is 0 Å². The number of carbonyl (C=O) groups excluding carboxylic acids is 1. The van der Waals surface area contributed by atoms with Gasteiger partial charge in [-0.3, -0.25) is 0 Å². The van der Waals surface area contributed by atoms with Crippen LogP contribution in [0.25, 0.3) is 22.1 Å². The molecule has 6 aromatic rings. The predicted molar refractivity (Wildman–Crippen MR) is 174 cm³/mol. The van der Waals surface area contributed by atoms with Crippen molar-refractivity contribution < 1.29 is 43.8 Å². The van der Waals surface area contributed by atoms with Crippen molar-refractivity contribution in [1.29, 1.82) is 0 Å². The third kappa shape index (κ3) is 8.68. The minimum atomic E-state index is -0.989. The Hall–Kier alpha value is -4.90. The van der Waals surface area contributed by atoms with Crippen molar-refractivity contribution in [3.05, 3.63) is 106 Å². The molecule has 6 rings (SSSR count). The topological polar surface area (TPSA) is 195 Å². The van der Waals surface area contributed by atoms with Gasteiger partial charge in [-0.05, 0) is 73.5 Å². The molecule has 0 saturated heterocycles. The van der Waals surface area contributed by atoms with Crippen molar-refractivity contribution in [2.45, 2.75) is 13.8 Å². The van der Waals surface area contributed by atoms with Gasteiger partial charge in [-0.1, -0.05) is 35.3 Å². The van der Waals surface area contributed by atoms with E-state index in [1.54, 1.807) is 54.6 Å². The average Bonchev–Trinajstić information content (AvgIpc) is 3.03. The Balaban J connectivity index is 0.000000245. The van der Waals surface area contributed by atoms with Gasteiger partial charge in [0.05, 0.1) is 29.3 Å². The number of aromatic nitrogens is 6. The number of nitrogens with zero attached hydrogens (tertiary/aromatic N) is 6. The molecular weight excluding hydrogens is 642 g/mol. The minimum Gasteiger partial charge on any atom is -0.870 e. The second kappa shape index (κ2) is 16.1. The fourth-order valence-electron chi connectivity index (χ4n) is 4.16. The normalized spacial score (nSPS) is 10.1. The van der Waals surface area contributed by atoms with E-state index >= 15 is 0 Å². The number of pyridine rings is 2. The van der Waals surface area contributed by atoms with Crippen LogP contribution in [-0.2, 0) is 4.74 Å². The first-order chi connectivity index (χ1) is 21.6. The van der Waals surface area contributed by atoms with Crippen molar-refractivity contribution in [2.75, 3.05) is 17.7 Å². The maximum atomic E-state index is 11.7. The number of nitrogens with one attached hydrogen (secondary N) is 2. The molecule has 234 valence electrons. The molecule has 0 bridgehead atoms. The van der Waals surface area contributed by atoms with Crippen LogP contribution in [0.2, 0.25) is 10.3 Å². The number of rotatable bonds is 6. The fraction of sp³-hybridized carbons (Fsp3) is 0.0968. The molecule has 0 unspecified atom stereocenters. The van der Waals surface area contributed by atoms with Crippen LogP contribution in [0.3, 0.4) is 0 Å². The number of halogens is 2. The summed E-state index contributed by atoms with van der Waals surface area (Å²) in [6.07, 6.45) is 2.86. The van der Waals surface area contributed by atoms with Crippen LogP contribution in [0.5, 0.6) is 0 Å². The zero-order chi connectivity index (χ0) is 32.1. The third-order valence-corrected chi connectivity index (χ3v) is 6.97. The molecule has 0 atom stereocenters. The molecule has 2 aromatic carbocycles. The van der Waals surface area contributed by atoms with Gasteiger partial charge < -0.3 is 26.0 Å². The van der Waals surface area contributed by atoms with Gasteiger partial charge in [0.15, 0.2) is 11.6 Å². The largest absolute Gasteiger partial charge is 1.00 e. The van der Waals surface area contributed by atoms with E-state index in [1.807, 2.05) is 19.9 Å². The molecule has 0 aliphatic carbocycles. The van der Waals surface area contributed by atoms with Crippen molar-refractivity contribution >= 4 is 80.2 Å². The van der Waals surface area contributed by atoms with E-state index in [4.69, 9.17) is 33.0 Å². The van der Waals surface area contributed by atoms with Gasteiger partial charge in [0.2, 0.25) is 0 Å². The van der Waals surface area contributed by atoms with Gasteiger partial charge in [0, 0.05) is 11.4 Å². The van der Waals surface area contributed by atoms with Crippen LogP contribution in [0, 0.1) is 13.8 Å².